The smallest absolute Gasteiger partial charge is 0.354 e. The van der Waals surface area contributed by atoms with Gasteiger partial charge in [0, 0.05) is 32.7 Å². The van der Waals surface area contributed by atoms with Gasteiger partial charge in [0.05, 0.1) is 17.2 Å². The van der Waals surface area contributed by atoms with Gasteiger partial charge in [-0.1, -0.05) is 0 Å². The van der Waals surface area contributed by atoms with Gasteiger partial charge < -0.3 is 4.18 Å². The zero-order valence-electron chi connectivity index (χ0n) is 11.9. The van der Waals surface area contributed by atoms with E-state index in [4.69, 9.17) is 0 Å². The Balaban J connectivity index is 2.08. The minimum Gasteiger partial charge on any atom is -0.354 e. The first kappa shape index (κ1) is 18.0. The maximum absolute atomic E-state index is 12.3. The number of hydrogen-bond donors (Lipinski definition) is 0. The van der Waals surface area contributed by atoms with Crippen molar-refractivity contribution in [3.63, 3.8) is 0 Å². The summed E-state index contributed by atoms with van der Waals surface area (Å²) in [5, 5.41) is 3.57. The first-order valence-electron chi connectivity index (χ1n) is 6.36. The second-order valence-corrected chi connectivity index (χ2v) is 8.85. The molecule has 2 rings (SSSR count). The number of hydrogen-bond acceptors (Lipinski definition) is 7. The lowest BCUT2D eigenvalue weighted by Gasteiger charge is -2.26. The number of aromatic nitrogens is 2. The van der Waals surface area contributed by atoms with E-state index >= 15 is 0 Å². The van der Waals surface area contributed by atoms with Crippen LogP contribution in [0.3, 0.4) is 0 Å². The molecule has 0 unspecified atom stereocenters. The molecule has 0 aromatic carbocycles. The van der Waals surface area contributed by atoms with Crippen LogP contribution in [0.15, 0.2) is 6.07 Å². The second kappa shape index (κ2) is 5.94. The SMILES string of the molecule is Cn1nc(OS(=O)(=O)C(F)(F)F)cc1CN1CCS(=O)(=O)CC1. The number of alkyl halides is 3. The first-order valence-corrected chi connectivity index (χ1v) is 9.59. The molecular weight excluding hydrogens is 363 g/mol. The van der Waals surface area contributed by atoms with Crippen LogP contribution < -0.4 is 4.18 Å². The van der Waals surface area contributed by atoms with Gasteiger partial charge in [0.1, 0.15) is 0 Å². The van der Waals surface area contributed by atoms with E-state index in [0.29, 0.717) is 5.69 Å². The summed E-state index contributed by atoms with van der Waals surface area (Å²) in [4.78, 5) is 1.78. The van der Waals surface area contributed by atoms with Crippen molar-refractivity contribution >= 4 is 20.0 Å². The van der Waals surface area contributed by atoms with E-state index in [2.05, 4.69) is 9.28 Å². The van der Waals surface area contributed by atoms with Crippen LogP contribution in [0.1, 0.15) is 5.69 Å². The first-order chi connectivity index (χ1) is 10.4. The van der Waals surface area contributed by atoms with E-state index in [0.717, 1.165) is 6.07 Å². The molecule has 132 valence electrons. The molecule has 0 atom stereocenters. The van der Waals surface area contributed by atoms with Gasteiger partial charge in [0.15, 0.2) is 9.84 Å². The summed E-state index contributed by atoms with van der Waals surface area (Å²) in [5.74, 6) is -0.697. The van der Waals surface area contributed by atoms with Crippen LogP contribution in [0.25, 0.3) is 0 Å². The standard InChI is InChI=1S/C10H14F3N3O5S2/c1-15-8(7-16-2-4-22(17,18)5-3-16)6-9(14-15)21-23(19,20)10(11,12)13/h6H,2-5,7H2,1H3. The summed E-state index contributed by atoms with van der Waals surface area (Å²) in [6.07, 6.45) is 0. The molecule has 1 aromatic heterocycles. The highest BCUT2D eigenvalue weighted by Crippen LogP contribution is 2.26. The summed E-state index contributed by atoms with van der Waals surface area (Å²) in [7, 11) is -7.40. The fourth-order valence-electron chi connectivity index (χ4n) is 1.96. The molecule has 23 heavy (non-hydrogen) atoms. The third kappa shape index (κ3) is 4.35. The molecule has 2 heterocycles. The largest absolute Gasteiger partial charge is 0.534 e. The topological polar surface area (TPSA) is 98.6 Å². The zero-order chi connectivity index (χ0) is 17.5. The number of rotatable bonds is 4. The molecule has 1 fully saturated rings. The van der Waals surface area contributed by atoms with Crippen molar-refractivity contribution in [3.8, 4) is 5.88 Å². The predicted octanol–water partition coefficient (Wildman–Crippen LogP) is -0.121. The van der Waals surface area contributed by atoms with Crippen molar-refractivity contribution in [1.82, 2.24) is 14.7 Å². The summed E-state index contributed by atoms with van der Waals surface area (Å²) in [6.45, 7) is 0.781. The molecule has 0 aliphatic carbocycles. The normalized spacial score (nSPS) is 19.7. The second-order valence-electron chi connectivity index (χ2n) is 5.01. The van der Waals surface area contributed by atoms with Gasteiger partial charge >= 0.3 is 15.6 Å². The van der Waals surface area contributed by atoms with Gasteiger partial charge in [-0.05, 0) is 0 Å². The minimum atomic E-state index is -5.77. The molecule has 0 N–H and O–H groups in total. The van der Waals surface area contributed by atoms with Crippen LogP contribution in [0, 0.1) is 0 Å². The molecular formula is C10H14F3N3O5S2. The Morgan fingerprint density at radius 2 is 1.87 bits per heavy atom. The average Bonchev–Trinajstić information content (AvgIpc) is 2.70. The fourth-order valence-corrected chi connectivity index (χ4v) is 3.64. The molecule has 0 saturated carbocycles. The third-order valence-corrected chi connectivity index (χ3v) is 5.82. The maximum Gasteiger partial charge on any atom is 0.534 e. The molecule has 0 bridgehead atoms. The highest BCUT2D eigenvalue weighted by atomic mass is 32.2. The van der Waals surface area contributed by atoms with Crippen LogP contribution in [0.4, 0.5) is 13.2 Å². The fraction of sp³-hybridized carbons (Fsp3) is 0.700. The lowest BCUT2D eigenvalue weighted by molar-refractivity contribution is -0.0501. The number of nitrogens with zero attached hydrogens (tertiary/aromatic N) is 3. The van der Waals surface area contributed by atoms with Crippen molar-refractivity contribution in [1.29, 1.82) is 0 Å². The predicted molar refractivity (Wildman–Crippen MR) is 72.7 cm³/mol. The van der Waals surface area contributed by atoms with Gasteiger partial charge in [0.2, 0.25) is 0 Å². The van der Waals surface area contributed by atoms with E-state index in [1.165, 1.54) is 11.7 Å². The van der Waals surface area contributed by atoms with Crippen LogP contribution in [0.5, 0.6) is 5.88 Å². The van der Waals surface area contributed by atoms with Crippen molar-refractivity contribution in [2.75, 3.05) is 24.6 Å². The van der Waals surface area contributed by atoms with E-state index in [-0.39, 0.29) is 31.1 Å². The van der Waals surface area contributed by atoms with Crippen molar-refractivity contribution in [2.45, 2.75) is 12.1 Å². The molecule has 0 radical (unpaired) electrons. The van der Waals surface area contributed by atoms with E-state index < -0.39 is 31.3 Å². The Morgan fingerprint density at radius 1 is 1.30 bits per heavy atom. The Bertz CT molecular complexity index is 771. The number of sulfone groups is 1. The Kier molecular flexibility index (Phi) is 4.65. The molecule has 0 amide bonds. The maximum atomic E-state index is 12.3. The molecule has 8 nitrogen and oxygen atoms in total. The number of halogens is 3. The number of aryl methyl sites for hydroxylation is 1. The summed E-state index contributed by atoms with van der Waals surface area (Å²) in [5.41, 5.74) is -5.14. The van der Waals surface area contributed by atoms with Gasteiger partial charge in [-0.25, -0.2) is 8.42 Å². The zero-order valence-corrected chi connectivity index (χ0v) is 13.6. The summed E-state index contributed by atoms with van der Waals surface area (Å²) in [6, 6.07) is 1.08. The average molecular weight is 377 g/mol. The third-order valence-electron chi connectivity index (χ3n) is 3.26. The summed E-state index contributed by atoms with van der Waals surface area (Å²) >= 11 is 0. The van der Waals surface area contributed by atoms with E-state index in [1.807, 2.05) is 0 Å². The van der Waals surface area contributed by atoms with Crippen molar-refractivity contribution in [2.24, 2.45) is 7.05 Å². The van der Waals surface area contributed by atoms with Gasteiger partial charge in [-0.15, -0.1) is 5.10 Å². The molecule has 13 heteroatoms. The monoisotopic (exact) mass is 377 g/mol. The molecule has 1 aliphatic heterocycles. The molecule has 1 aromatic rings. The van der Waals surface area contributed by atoms with Gasteiger partial charge in [-0.2, -0.15) is 21.6 Å². The molecule has 1 aliphatic rings. The molecule has 1 saturated heterocycles. The van der Waals surface area contributed by atoms with Crippen molar-refractivity contribution < 1.29 is 34.2 Å². The highest BCUT2D eigenvalue weighted by molar-refractivity contribution is 7.91. The van der Waals surface area contributed by atoms with E-state index in [9.17, 15) is 30.0 Å². The van der Waals surface area contributed by atoms with Crippen LogP contribution in [0.2, 0.25) is 0 Å². The lowest BCUT2D eigenvalue weighted by Crippen LogP contribution is -2.40. The molecule has 0 spiro atoms. The minimum absolute atomic E-state index is 0.00331. The quantitative estimate of drug-likeness (QED) is 0.533. The van der Waals surface area contributed by atoms with Crippen LogP contribution >= 0.6 is 0 Å². The lowest BCUT2D eigenvalue weighted by atomic mass is 10.3. The van der Waals surface area contributed by atoms with Crippen LogP contribution in [-0.2, 0) is 33.5 Å². The Morgan fingerprint density at radius 3 is 2.39 bits per heavy atom. The van der Waals surface area contributed by atoms with E-state index in [1.54, 1.807) is 4.90 Å². The van der Waals surface area contributed by atoms with Gasteiger partial charge in [0.25, 0.3) is 5.88 Å². The Hall–Kier alpha value is -1.34. The Labute approximate surface area is 130 Å². The van der Waals surface area contributed by atoms with Crippen molar-refractivity contribution in [3.05, 3.63) is 11.8 Å². The van der Waals surface area contributed by atoms with Gasteiger partial charge in [-0.3, -0.25) is 9.58 Å². The summed E-state index contributed by atoms with van der Waals surface area (Å²) < 4.78 is 86.4. The van der Waals surface area contributed by atoms with Crippen LogP contribution in [-0.4, -0.2) is 61.6 Å². The highest BCUT2D eigenvalue weighted by Gasteiger charge is 2.49.